The summed E-state index contributed by atoms with van der Waals surface area (Å²) in [7, 11) is 0. The number of aryl methyl sites for hydroxylation is 1. The van der Waals surface area contributed by atoms with E-state index in [1.165, 1.54) is 44.0 Å². The predicted molar refractivity (Wildman–Crippen MR) is 141 cm³/mol. The third-order valence-corrected chi connectivity index (χ3v) is 6.49. The van der Waals surface area contributed by atoms with Crippen LogP contribution in [0, 0.1) is 6.92 Å². The normalized spacial score (nSPS) is 13.0. The van der Waals surface area contributed by atoms with Gasteiger partial charge in [-0.05, 0) is 63.0 Å². The summed E-state index contributed by atoms with van der Waals surface area (Å²) in [6.07, 6.45) is 2.01. The Kier molecular flexibility index (Phi) is 4.41. The molecule has 33 heavy (non-hydrogen) atoms. The maximum Gasteiger partial charge on any atom is 0.204 e. The predicted octanol–water partition coefficient (Wildman–Crippen LogP) is 8.86. The van der Waals surface area contributed by atoms with Crippen molar-refractivity contribution in [2.45, 2.75) is 13.8 Å². The molecule has 0 saturated heterocycles. The van der Waals surface area contributed by atoms with Gasteiger partial charge in [-0.2, -0.15) is 4.58 Å². The van der Waals surface area contributed by atoms with Crippen molar-refractivity contribution >= 4 is 39.6 Å². The number of hydrogen-bond donors (Lipinski definition) is 0. The lowest BCUT2D eigenvalue weighted by atomic mass is 9.89. The van der Waals surface area contributed by atoms with Gasteiger partial charge in [-0.3, -0.25) is 0 Å². The molecule has 2 heteroatoms. The van der Waals surface area contributed by atoms with Gasteiger partial charge in [-0.25, -0.2) is 0 Å². The van der Waals surface area contributed by atoms with Gasteiger partial charge in [-0.15, -0.1) is 0 Å². The topological polar surface area (TPSA) is 17.1 Å². The summed E-state index contributed by atoms with van der Waals surface area (Å²) in [6, 6.07) is 32.5. The van der Waals surface area contributed by atoms with Crippen molar-refractivity contribution in [1.82, 2.24) is 0 Å². The van der Waals surface area contributed by atoms with Gasteiger partial charge in [0.1, 0.15) is 6.72 Å². The van der Waals surface area contributed by atoms with Crippen LogP contribution in [0.4, 0.5) is 11.4 Å². The molecule has 0 radical (unpaired) electrons. The third kappa shape index (κ3) is 3.15. The molecule has 0 unspecified atom stereocenters. The number of nitrogens with zero attached hydrogens (tertiary/aromatic N) is 2. The van der Waals surface area contributed by atoms with E-state index < -0.39 is 0 Å². The molecule has 158 valence electrons. The Hall–Kier alpha value is -4.17. The molecular weight excluding hydrogens is 400 g/mol. The van der Waals surface area contributed by atoms with Crippen molar-refractivity contribution in [2.24, 2.45) is 0 Å². The second-order valence-electron chi connectivity index (χ2n) is 8.76. The standard InChI is InChI=1S/C31H24N2/c1-20-16-25(23-12-8-5-9-13-23)18-28-27-17-24(22-10-6-4-7-11-22)14-15-26(27)30-31(29(20)28)33(3)19-21(2)32-30/h4-19H,3H2,1-2H3. The van der Waals surface area contributed by atoms with Crippen molar-refractivity contribution in [3.05, 3.63) is 114 Å². The van der Waals surface area contributed by atoms with Crippen LogP contribution in [0.25, 0.3) is 49.1 Å². The smallest absolute Gasteiger partial charge is 0.204 e. The Morgan fingerprint density at radius 1 is 0.636 bits per heavy atom. The highest BCUT2D eigenvalue weighted by atomic mass is 15.1. The van der Waals surface area contributed by atoms with Gasteiger partial charge in [-0.1, -0.05) is 97.2 Å². The number of rotatable bonds is 2. The number of hydrogen-bond acceptors (Lipinski definition) is 0. The maximum atomic E-state index is 4.98. The van der Waals surface area contributed by atoms with E-state index in [0.717, 1.165) is 22.5 Å². The first kappa shape index (κ1) is 19.5. The molecule has 0 bridgehead atoms. The Labute approximate surface area is 194 Å². The second kappa shape index (κ2) is 7.46. The fourth-order valence-corrected chi connectivity index (χ4v) is 5.03. The quantitative estimate of drug-likeness (QED) is 0.199. The summed E-state index contributed by atoms with van der Waals surface area (Å²) >= 11 is 0. The van der Waals surface area contributed by atoms with Crippen molar-refractivity contribution in [3.63, 3.8) is 0 Å². The van der Waals surface area contributed by atoms with Crippen molar-refractivity contribution < 1.29 is 4.58 Å². The summed E-state index contributed by atoms with van der Waals surface area (Å²) in [5.41, 5.74) is 9.14. The maximum absolute atomic E-state index is 4.98. The number of fused-ring (bicyclic) bond motifs is 6. The zero-order valence-corrected chi connectivity index (χ0v) is 18.8. The fourth-order valence-electron chi connectivity index (χ4n) is 5.03. The molecule has 1 aliphatic heterocycles. The highest BCUT2D eigenvalue weighted by molar-refractivity contribution is 6.21. The molecular formula is C31H24N2. The van der Waals surface area contributed by atoms with E-state index in [9.17, 15) is 0 Å². The van der Waals surface area contributed by atoms with E-state index in [1.54, 1.807) is 0 Å². The molecule has 0 saturated carbocycles. The SMILES string of the molecule is C=[N+]1C=C(C)[N-]c2c1c1c(C)cc(-c3ccccc3)cc1c1cc(-c3ccccc3)ccc21. The van der Waals surface area contributed by atoms with Gasteiger partial charge in [0, 0.05) is 0 Å². The van der Waals surface area contributed by atoms with Crippen LogP contribution in [0.5, 0.6) is 0 Å². The zero-order valence-electron chi connectivity index (χ0n) is 18.8. The van der Waals surface area contributed by atoms with Crippen LogP contribution in [0.1, 0.15) is 12.5 Å². The van der Waals surface area contributed by atoms with E-state index in [-0.39, 0.29) is 0 Å². The van der Waals surface area contributed by atoms with Crippen LogP contribution < -0.4 is 0 Å². The Morgan fingerprint density at radius 3 is 1.97 bits per heavy atom. The van der Waals surface area contributed by atoms with Gasteiger partial charge < -0.3 is 5.32 Å². The minimum atomic E-state index is 0.962. The van der Waals surface area contributed by atoms with Gasteiger partial charge in [0.25, 0.3) is 0 Å². The lowest BCUT2D eigenvalue weighted by Gasteiger charge is -2.30. The number of allylic oxidation sites excluding steroid dienone is 1. The Bertz CT molecular complexity index is 1590. The molecule has 0 N–H and O–H groups in total. The molecule has 0 atom stereocenters. The first-order valence-corrected chi connectivity index (χ1v) is 11.2. The summed E-state index contributed by atoms with van der Waals surface area (Å²) in [5.74, 6) is 0. The lowest BCUT2D eigenvalue weighted by molar-refractivity contribution is -0.348. The lowest BCUT2D eigenvalue weighted by Crippen LogP contribution is -2.02. The van der Waals surface area contributed by atoms with Crippen molar-refractivity contribution in [2.75, 3.05) is 0 Å². The van der Waals surface area contributed by atoms with Crippen LogP contribution in [-0.2, 0) is 0 Å². The van der Waals surface area contributed by atoms with E-state index in [4.69, 9.17) is 5.32 Å². The zero-order chi connectivity index (χ0) is 22.5. The molecule has 5 aromatic carbocycles. The van der Waals surface area contributed by atoms with Crippen LogP contribution in [-0.4, -0.2) is 11.3 Å². The minimum Gasteiger partial charge on any atom is -0.651 e. The van der Waals surface area contributed by atoms with Gasteiger partial charge >= 0.3 is 0 Å². The van der Waals surface area contributed by atoms with E-state index >= 15 is 0 Å². The number of benzene rings is 5. The molecule has 1 aliphatic rings. The van der Waals surface area contributed by atoms with Crippen LogP contribution in [0.3, 0.4) is 0 Å². The highest BCUT2D eigenvalue weighted by Gasteiger charge is 2.22. The Morgan fingerprint density at radius 2 is 1.27 bits per heavy atom. The molecule has 0 fully saturated rings. The van der Waals surface area contributed by atoms with Crippen molar-refractivity contribution in [1.29, 1.82) is 0 Å². The fraction of sp³-hybridized carbons (Fsp3) is 0.0645. The van der Waals surface area contributed by atoms with Crippen molar-refractivity contribution in [3.8, 4) is 22.3 Å². The molecule has 0 aliphatic carbocycles. The summed E-state index contributed by atoms with van der Waals surface area (Å²) < 4.78 is 1.99. The van der Waals surface area contributed by atoms with E-state index in [1.807, 2.05) is 17.7 Å². The average molecular weight is 425 g/mol. The van der Waals surface area contributed by atoms with Crippen LogP contribution >= 0.6 is 0 Å². The van der Waals surface area contributed by atoms with Gasteiger partial charge in [0.05, 0.1) is 5.39 Å². The van der Waals surface area contributed by atoms with E-state index in [2.05, 4.69) is 105 Å². The first-order chi connectivity index (χ1) is 16.1. The molecule has 1 heterocycles. The van der Waals surface area contributed by atoms with Crippen LogP contribution in [0.15, 0.2) is 103 Å². The molecule has 0 amide bonds. The highest BCUT2D eigenvalue weighted by Crippen LogP contribution is 2.51. The minimum absolute atomic E-state index is 0.962. The monoisotopic (exact) mass is 424 g/mol. The Balaban J connectivity index is 1.75. The van der Waals surface area contributed by atoms with Gasteiger partial charge in [0.2, 0.25) is 5.69 Å². The second-order valence-corrected chi connectivity index (χ2v) is 8.76. The summed E-state index contributed by atoms with van der Waals surface area (Å²) in [4.78, 5) is 0. The van der Waals surface area contributed by atoms with E-state index in [0.29, 0.717) is 0 Å². The van der Waals surface area contributed by atoms with Crippen LogP contribution in [0.2, 0.25) is 0 Å². The van der Waals surface area contributed by atoms with Gasteiger partial charge in [0.15, 0.2) is 6.20 Å². The average Bonchev–Trinajstić information content (AvgIpc) is 2.84. The molecule has 0 spiro atoms. The summed E-state index contributed by atoms with van der Waals surface area (Å²) in [6.45, 7) is 8.55. The molecule has 2 nitrogen and oxygen atoms in total. The largest absolute Gasteiger partial charge is 0.651 e. The molecule has 6 rings (SSSR count). The molecule has 0 aromatic heterocycles. The molecule has 5 aromatic rings. The first-order valence-electron chi connectivity index (χ1n) is 11.2. The third-order valence-electron chi connectivity index (χ3n) is 6.49. The summed E-state index contributed by atoms with van der Waals surface area (Å²) in [5, 5.41) is 9.80.